The molecule has 0 fully saturated rings. The van der Waals surface area contributed by atoms with Gasteiger partial charge in [-0.15, -0.1) is 11.3 Å². The largest absolute Gasteiger partial charge is 0.497 e. The summed E-state index contributed by atoms with van der Waals surface area (Å²) in [5.74, 6) is 0.768. The number of thiophene rings is 1. The molecule has 5 heteroatoms. The first-order chi connectivity index (χ1) is 10.2. The van der Waals surface area contributed by atoms with E-state index in [1.807, 2.05) is 36.4 Å². The van der Waals surface area contributed by atoms with Crippen molar-refractivity contribution in [2.24, 2.45) is 0 Å². The molecule has 0 radical (unpaired) electrons. The van der Waals surface area contributed by atoms with Crippen molar-refractivity contribution in [2.45, 2.75) is 6.54 Å². The van der Waals surface area contributed by atoms with Gasteiger partial charge in [-0.25, -0.2) is 0 Å². The number of ether oxygens (including phenoxy) is 1. The van der Waals surface area contributed by atoms with Crippen LogP contribution in [0.2, 0.25) is 10.0 Å². The number of hydrogen-bond donors (Lipinski definition) is 1. The quantitative estimate of drug-likeness (QED) is 0.646. The predicted molar refractivity (Wildman–Crippen MR) is 92.2 cm³/mol. The van der Waals surface area contributed by atoms with Crippen LogP contribution in [-0.4, -0.2) is 7.11 Å². The van der Waals surface area contributed by atoms with Crippen LogP contribution < -0.4 is 10.1 Å². The van der Waals surface area contributed by atoms with Gasteiger partial charge in [0.1, 0.15) is 5.75 Å². The fraction of sp³-hybridized carbons (Fsp3) is 0.125. The Balaban J connectivity index is 1.85. The molecule has 0 bridgehead atoms. The lowest BCUT2D eigenvalue weighted by molar-refractivity contribution is 0.415. The maximum Gasteiger partial charge on any atom is 0.121 e. The second-order valence-corrected chi connectivity index (χ2v) is 6.46. The first kappa shape index (κ1) is 14.5. The van der Waals surface area contributed by atoms with Gasteiger partial charge in [0.05, 0.1) is 29.4 Å². The van der Waals surface area contributed by atoms with Crippen LogP contribution in [0.4, 0.5) is 5.69 Å². The Hall–Kier alpha value is -1.42. The van der Waals surface area contributed by atoms with Crippen molar-refractivity contribution >= 4 is 50.3 Å². The van der Waals surface area contributed by atoms with Crippen LogP contribution in [0.1, 0.15) is 4.88 Å². The standard InChI is InChI=1S/C16H13Cl2NOS/c1-20-10-6-7-12(17)13(8-10)19-9-15-16(18)11-4-2-3-5-14(11)21-15/h2-8,19H,9H2,1H3. The second kappa shape index (κ2) is 6.14. The summed E-state index contributed by atoms with van der Waals surface area (Å²) in [4.78, 5) is 1.09. The third-order valence-electron chi connectivity index (χ3n) is 3.21. The number of benzene rings is 2. The van der Waals surface area contributed by atoms with Crippen LogP contribution >= 0.6 is 34.5 Å². The molecule has 1 heterocycles. The lowest BCUT2D eigenvalue weighted by Crippen LogP contribution is -1.99. The summed E-state index contributed by atoms with van der Waals surface area (Å²) in [6.07, 6.45) is 0. The van der Waals surface area contributed by atoms with Gasteiger partial charge in [-0.2, -0.15) is 0 Å². The molecule has 2 aromatic carbocycles. The van der Waals surface area contributed by atoms with E-state index in [9.17, 15) is 0 Å². The molecule has 108 valence electrons. The number of anilines is 1. The zero-order valence-corrected chi connectivity index (χ0v) is 13.6. The highest BCUT2D eigenvalue weighted by Gasteiger charge is 2.10. The average Bonchev–Trinajstić information content (AvgIpc) is 2.83. The molecule has 0 aliphatic heterocycles. The Morgan fingerprint density at radius 3 is 2.71 bits per heavy atom. The monoisotopic (exact) mass is 337 g/mol. The van der Waals surface area contributed by atoms with E-state index in [0.29, 0.717) is 11.6 Å². The molecule has 3 aromatic rings. The first-order valence-corrected chi connectivity index (χ1v) is 7.99. The van der Waals surface area contributed by atoms with Crippen molar-refractivity contribution in [3.05, 3.63) is 57.4 Å². The molecule has 1 N–H and O–H groups in total. The van der Waals surface area contributed by atoms with Crippen LogP contribution in [0.3, 0.4) is 0 Å². The van der Waals surface area contributed by atoms with E-state index in [1.54, 1.807) is 18.4 Å². The summed E-state index contributed by atoms with van der Waals surface area (Å²) in [7, 11) is 1.63. The zero-order chi connectivity index (χ0) is 14.8. The second-order valence-electron chi connectivity index (χ2n) is 4.53. The Morgan fingerprint density at radius 2 is 1.95 bits per heavy atom. The third-order valence-corrected chi connectivity index (χ3v) is 5.26. The molecule has 3 rings (SSSR count). The fourth-order valence-corrected chi connectivity index (χ4v) is 3.74. The van der Waals surface area contributed by atoms with Gasteiger partial charge in [-0.05, 0) is 18.2 Å². The maximum atomic E-state index is 6.43. The SMILES string of the molecule is COc1ccc(Cl)c(NCc2sc3ccccc3c2Cl)c1. The van der Waals surface area contributed by atoms with Gasteiger partial charge in [0.2, 0.25) is 0 Å². The summed E-state index contributed by atoms with van der Waals surface area (Å²) in [6, 6.07) is 13.7. The highest BCUT2D eigenvalue weighted by Crippen LogP contribution is 2.36. The summed E-state index contributed by atoms with van der Waals surface area (Å²) in [5.41, 5.74) is 0.838. The molecule has 0 aliphatic carbocycles. The Labute approximate surface area is 137 Å². The number of rotatable bonds is 4. The Kier molecular flexibility index (Phi) is 4.24. The molecular weight excluding hydrogens is 325 g/mol. The van der Waals surface area contributed by atoms with Gasteiger partial charge < -0.3 is 10.1 Å². The van der Waals surface area contributed by atoms with E-state index >= 15 is 0 Å². The number of methoxy groups -OCH3 is 1. The van der Waals surface area contributed by atoms with E-state index in [4.69, 9.17) is 27.9 Å². The zero-order valence-electron chi connectivity index (χ0n) is 11.3. The maximum absolute atomic E-state index is 6.43. The van der Waals surface area contributed by atoms with Crippen molar-refractivity contribution in [1.29, 1.82) is 0 Å². The summed E-state index contributed by atoms with van der Waals surface area (Å²) >= 11 is 14.3. The molecule has 21 heavy (non-hydrogen) atoms. The van der Waals surface area contributed by atoms with Gasteiger partial charge in [0.25, 0.3) is 0 Å². The van der Waals surface area contributed by atoms with Gasteiger partial charge in [-0.1, -0.05) is 41.4 Å². The summed E-state index contributed by atoms with van der Waals surface area (Å²) < 4.78 is 6.40. The van der Waals surface area contributed by atoms with Crippen LogP contribution in [0.5, 0.6) is 5.75 Å². The minimum atomic E-state index is 0.630. The van der Waals surface area contributed by atoms with Crippen LogP contribution in [0.25, 0.3) is 10.1 Å². The van der Waals surface area contributed by atoms with Crippen LogP contribution in [-0.2, 0) is 6.54 Å². The van der Waals surface area contributed by atoms with Gasteiger partial charge in [0, 0.05) is 21.0 Å². The van der Waals surface area contributed by atoms with Crippen molar-refractivity contribution in [3.8, 4) is 5.75 Å². The normalized spacial score (nSPS) is 10.8. The Morgan fingerprint density at radius 1 is 1.14 bits per heavy atom. The van der Waals surface area contributed by atoms with Crippen LogP contribution in [0.15, 0.2) is 42.5 Å². The summed E-state index contributed by atoms with van der Waals surface area (Å²) in [6.45, 7) is 0.630. The molecule has 0 saturated carbocycles. The molecule has 1 aromatic heterocycles. The minimum absolute atomic E-state index is 0.630. The van der Waals surface area contributed by atoms with E-state index in [1.165, 1.54) is 4.70 Å². The molecule has 0 spiro atoms. The van der Waals surface area contributed by atoms with E-state index in [0.717, 1.165) is 26.7 Å². The highest BCUT2D eigenvalue weighted by atomic mass is 35.5. The van der Waals surface area contributed by atoms with Crippen molar-refractivity contribution < 1.29 is 4.74 Å². The fourth-order valence-electron chi connectivity index (χ4n) is 2.12. The molecule has 2 nitrogen and oxygen atoms in total. The molecule has 0 saturated heterocycles. The highest BCUT2D eigenvalue weighted by molar-refractivity contribution is 7.19. The third kappa shape index (κ3) is 2.95. The molecule has 0 atom stereocenters. The average molecular weight is 338 g/mol. The van der Waals surface area contributed by atoms with Crippen molar-refractivity contribution in [1.82, 2.24) is 0 Å². The smallest absolute Gasteiger partial charge is 0.121 e. The van der Waals surface area contributed by atoms with Crippen molar-refractivity contribution in [3.63, 3.8) is 0 Å². The van der Waals surface area contributed by atoms with Crippen molar-refractivity contribution in [2.75, 3.05) is 12.4 Å². The molecular formula is C16H13Cl2NOS. The van der Waals surface area contributed by atoms with Gasteiger partial charge >= 0.3 is 0 Å². The number of hydrogen-bond acceptors (Lipinski definition) is 3. The lowest BCUT2D eigenvalue weighted by Gasteiger charge is -2.09. The molecule has 0 amide bonds. The number of halogens is 2. The number of nitrogens with one attached hydrogen (secondary N) is 1. The predicted octanol–water partition coefficient (Wildman–Crippen LogP) is 5.83. The first-order valence-electron chi connectivity index (χ1n) is 6.42. The molecule has 0 aliphatic rings. The Bertz CT molecular complexity index is 785. The number of fused-ring (bicyclic) bond motifs is 1. The molecule has 0 unspecified atom stereocenters. The summed E-state index contributed by atoms with van der Waals surface area (Å²) in [5, 5.41) is 5.88. The van der Waals surface area contributed by atoms with Gasteiger partial charge in [-0.3, -0.25) is 0 Å². The van der Waals surface area contributed by atoms with Gasteiger partial charge in [0.15, 0.2) is 0 Å². The topological polar surface area (TPSA) is 21.3 Å². The van der Waals surface area contributed by atoms with E-state index in [-0.39, 0.29) is 0 Å². The van der Waals surface area contributed by atoms with E-state index in [2.05, 4.69) is 11.4 Å². The van der Waals surface area contributed by atoms with E-state index < -0.39 is 0 Å². The van der Waals surface area contributed by atoms with Crippen LogP contribution in [0, 0.1) is 0 Å². The lowest BCUT2D eigenvalue weighted by atomic mass is 10.2. The minimum Gasteiger partial charge on any atom is -0.497 e.